The van der Waals surface area contributed by atoms with Crippen molar-refractivity contribution >= 4 is 5.97 Å². The molecular formula is C18H18O3. The second kappa shape index (κ2) is 5.60. The summed E-state index contributed by atoms with van der Waals surface area (Å²) in [6, 6.07) is 17.9. The largest absolute Gasteiger partial charge is 0.486 e. The van der Waals surface area contributed by atoms with Crippen LogP contribution in [0, 0.1) is 0 Å². The first kappa shape index (κ1) is 13.7. The molecule has 0 aliphatic heterocycles. The molecule has 0 amide bonds. The molecule has 2 aromatic carbocycles. The number of aliphatic carboxylic acids is 1. The van der Waals surface area contributed by atoms with E-state index in [1.165, 1.54) is 0 Å². The van der Waals surface area contributed by atoms with E-state index in [2.05, 4.69) is 0 Å². The first-order chi connectivity index (χ1) is 10.2. The van der Waals surface area contributed by atoms with Gasteiger partial charge in [-0.3, -0.25) is 4.79 Å². The number of carbonyl (C=O) groups is 1. The molecule has 0 radical (unpaired) electrons. The number of carboxylic acid groups (broad SMARTS) is 1. The van der Waals surface area contributed by atoms with Crippen molar-refractivity contribution in [2.75, 3.05) is 0 Å². The Hall–Kier alpha value is -2.29. The fraction of sp³-hybridized carbons (Fsp3) is 0.278. The van der Waals surface area contributed by atoms with E-state index < -0.39 is 11.6 Å². The van der Waals surface area contributed by atoms with Crippen LogP contribution in [0.15, 0.2) is 54.6 Å². The van der Waals surface area contributed by atoms with Crippen LogP contribution in [-0.4, -0.2) is 16.7 Å². The summed E-state index contributed by atoms with van der Waals surface area (Å²) in [5.41, 5.74) is 1.56. The second-order valence-corrected chi connectivity index (χ2v) is 5.57. The average molecular weight is 282 g/mol. The average Bonchev–Trinajstić information content (AvgIpc) is 2.46. The SMILES string of the molecule is O=C(O)CC1(Oc2ccccc2-c2ccccc2)CCC1. The van der Waals surface area contributed by atoms with E-state index in [4.69, 9.17) is 9.84 Å². The van der Waals surface area contributed by atoms with E-state index in [1.54, 1.807) is 0 Å². The Labute approximate surface area is 124 Å². The van der Waals surface area contributed by atoms with E-state index in [-0.39, 0.29) is 6.42 Å². The molecule has 0 bridgehead atoms. The minimum atomic E-state index is -0.799. The maximum Gasteiger partial charge on any atom is 0.307 e. The standard InChI is InChI=1S/C18H18O3/c19-17(20)13-18(11-6-12-18)21-16-10-5-4-9-15(16)14-7-2-1-3-8-14/h1-5,7-10H,6,11-13H2,(H,19,20). The van der Waals surface area contributed by atoms with Gasteiger partial charge in [-0.15, -0.1) is 0 Å². The predicted molar refractivity (Wildman–Crippen MR) is 81.3 cm³/mol. The number of rotatable bonds is 5. The molecule has 1 N–H and O–H groups in total. The summed E-state index contributed by atoms with van der Waals surface area (Å²) in [6.07, 6.45) is 2.71. The third kappa shape index (κ3) is 2.92. The maximum absolute atomic E-state index is 11.1. The predicted octanol–water partition coefficient (Wildman–Crippen LogP) is 4.13. The van der Waals surface area contributed by atoms with Crippen molar-refractivity contribution in [3.63, 3.8) is 0 Å². The lowest BCUT2D eigenvalue weighted by Gasteiger charge is -2.41. The molecule has 21 heavy (non-hydrogen) atoms. The first-order valence-corrected chi connectivity index (χ1v) is 7.24. The lowest BCUT2D eigenvalue weighted by molar-refractivity contribution is -0.144. The summed E-state index contributed by atoms with van der Waals surface area (Å²) in [5.74, 6) is -0.0310. The zero-order chi connectivity index (χ0) is 14.7. The van der Waals surface area contributed by atoms with Crippen LogP contribution < -0.4 is 4.74 Å². The molecule has 0 spiro atoms. The normalized spacial score (nSPS) is 16.0. The van der Waals surface area contributed by atoms with Crippen molar-refractivity contribution in [3.8, 4) is 16.9 Å². The molecular weight excluding hydrogens is 264 g/mol. The fourth-order valence-electron chi connectivity index (χ4n) is 2.81. The molecule has 3 nitrogen and oxygen atoms in total. The lowest BCUT2D eigenvalue weighted by atomic mass is 9.77. The number of hydrogen-bond acceptors (Lipinski definition) is 2. The van der Waals surface area contributed by atoms with Gasteiger partial charge in [-0.2, -0.15) is 0 Å². The highest BCUT2D eigenvalue weighted by atomic mass is 16.5. The Kier molecular flexibility index (Phi) is 3.65. The van der Waals surface area contributed by atoms with Crippen molar-refractivity contribution < 1.29 is 14.6 Å². The number of para-hydroxylation sites is 1. The smallest absolute Gasteiger partial charge is 0.307 e. The summed E-state index contributed by atoms with van der Waals surface area (Å²) in [7, 11) is 0. The van der Waals surface area contributed by atoms with Crippen molar-refractivity contribution in [1.82, 2.24) is 0 Å². The van der Waals surface area contributed by atoms with Crippen LogP contribution in [0.25, 0.3) is 11.1 Å². The van der Waals surface area contributed by atoms with Gasteiger partial charge in [0.1, 0.15) is 11.4 Å². The Bertz CT molecular complexity index is 630. The van der Waals surface area contributed by atoms with Crippen LogP contribution in [0.5, 0.6) is 5.75 Å². The molecule has 0 heterocycles. The quantitative estimate of drug-likeness (QED) is 0.897. The third-order valence-corrected chi connectivity index (χ3v) is 4.04. The molecule has 0 saturated heterocycles. The van der Waals surface area contributed by atoms with Gasteiger partial charge in [-0.25, -0.2) is 0 Å². The van der Waals surface area contributed by atoms with E-state index in [9.17, 15) is 4.79 Å². The molecule has 0 unspecified atom stereocenters. The molecule has 3 heteroatoms. The van der Waals surface area contributed by atoms with Gasteiger partial charge >= 0.3 is 5.97 Å². The molecule has 2 aromatic rings. The number of ether oxygens (including phenoxy) is 1. The van der Waals surface area contributed by atoms with Crippen molar-refractivity contribution in [1.29, 1.82) is 0 Å². The monoisotopic (exact) mass is 282 g/mol. The van der Waals surface area contributed by atoms with E-state index in [0.717, 1.165) is 36.1 Å². The van der Waals surface area contributed by atoms with Gasteiger partial charge in [0, 0.05) is 5.56 Å². The minimum Gasteiger partial charge on any atom is -0.486 e. The Balaban J connectivity index is 1.91. The van der Waals surface area contributed by atoms with Gasteiger partial charge in [0.15, 0.2) is 0 Å². The van der Waals surface area contributed by atoms with Gasteiger partial charge in [-0.05, 0) is 30.9 Å². The molecule has 0 atom stereocenters. The molecule has 3 rings (SSSR count). The van der Waals surface area contributed by atoms with Gasteiger partial charge < -0.3 is 9.84 Å². The zero-order valence-corrected chi connectivity index (χ0v) is 11.8. The van der Waals surface area contributed by atoms with Crippen LogP contribution in [0.1, 0.15) is 25.7 Å². The molecule has 1 aliphatic carbocycles. The molecule has 1 fully saturated rings. The Morgan fingerprint density at radius 1 is 1.05 bits per heavy atom. The number of benzene rings is 2. The van der Waals surface area contributed by atoms with E-state index in [1.807, 2.05) is 54.6 Å². The van der Waals surface area contributed by atoms with Crippen LogP contribution in [0.4, 0.5) is 0 Å². The van der Waals surface area contributed by atoms with Gasteiger partial charge in [0.05, 0.1) is 6.42 Å². The van der Waals surface area contributed by atoms with E-state index in [0.29, 0.717) is 0 Å². The summed E-state index contributed by atoms with van der Waals surface area (Å²) in [4.78, 5) is 11.1. The summed E-state index contributed by atoms with van der Waals surface area (Å²) in [6.45, 7) is 0. The second-order valence-electron chi connectivity index (χ2n) is 5.57. The maximum atomic E-state index is 11.1. The van der Waals surface area contributed by atoms with Crippen molar-refractivity contribution in [2.45, 2.75) is 31.3 Å². The topological polar surface area (TPSA) is 46.5 Å². The molecule has 1 saturated carbocycles. The van der Waals surface area contributed by atoms with Crippen molar-refractivity contribution in [3.05, 3.63) is 54.6 Å². The lowest BCUT2D eigenvalue weighted by Crippen LogP contribution is -2.45. The Morgan fingerprint density at radius 2 is 1.71 bits per heavy atom. The fourth-order valence-corrected chi connectivity index (χ4v) is 2.81. The van der Waals surface area contributed by atoms with E-state index >= 15 is 0 Å². The third-order valence-electron chi connectivity index (χ3n) is 4.04. The highest BCUT2D eigenvalue weighted by molar-refractivity contribution is 5.71. The molecule has 108 valence electrons. The summed E-state index contributed by atoms with van der Waals surface area (Å²) < 4.78 is 6.15. The van der Waals surface area contributed by atoms with Crippen LogP contribution in [-0.2, 0) is 4.79 Å². The number of hydrogen-bond donors (Lipinski definition) is 1. The van der Waals surface area contributed by atoms with Gasteiger partial charge in [-0.1, -0.05) is 48.5 Å². The summed E-state index contributed by atoms with van der Waals surface area (Å²) >= 11 is 0. The minimum absolute atomic E-state index is 0.0656. The van der Waals surface area contributed by atoms with Crippen molar-refractivity contribution in [2.24, 2.45) is 0 Å². The Morgan fingerprint density at radius 3 is 2.33 bits per heavy atom. The zero-order valence-electron chi connectivity index (χ0n) is 11.8. The molecule has 0 aromatic heterocycles. The van der Waals surface area contributed by atoms with Crippen LogP contribution >= 0.6 is 0 Å². The number of carboxylic acids is 1. The van der Waals surface area contributed by atoms with Gasteiger partial charge in [0.2, 0.25) is 0 Å². The highest BCUT2D eigenvalue weighted by Gasteiger charge is 2.41. The van der Waals surface area contributed by atoms with Crippen LogP contribution in [0.3, 0.4) is 0 Å². The van der Waals surface area contributed by atoms with Gasteiger partial charge in [0.25, 0.3) is 0 Å². The molecule has 1 aliphatic rings. The van der Waals surface area contributed by atoms with Crippen LogP contribution in [0.2, 0.25) is 0 Å². The first-order valence-electron chi connectivity index (χ1n) is 7.24. The summed E-state index contributed by atoms with van der Waals surface area (Å²) in [5, 5.41) is 9.10. The highest BCUT2D eigenvalue weighted by Crippen LogP contribution is 2.42.